The van der Waals surface area contributed by atoms with E-state index in [0.29, 0.717) is 0 Å². The Hall–Kier alpha value is -3.08. The molecule has 1 fully saturated rings. The van der Waals surface area contributed by atoms with E-state index in [1.807, 2.05) is 0 Å². The number of nitrogens with zero attached hydrogens (tertiary/aromatic N) is 1. The number of hydrogen-bond acceptors (Lipinski definition) is 8. The first-order chi connectivity index (χ1) is 15.4. The first-order valence-electron chi connectivity index (χ1n) is 10.3. The minimum absolute atomic E-state index is 0.00739. The van der Waals surface area contributed by atoms with Crippen LogP contribution in [-0.2, 0) is 20.8 Å². The minimum Gasteiger partial charge on any atom is -0.507 e. The van der Waals surface area contributed by atoms with Gasteiger partial charge in [0.1, 0.15) is 17.3 Å². The average molecular weight is 462 g/mol. The van der Waals surface area contributed by atoms with Gasteiger partial charge in [0.15, 0.2) is 5.60 Å². The molecule has 4 atom stereocenters. The smallest absolute Gasteiger partial charge is 0.252 e. The molecular formula is C23H27FN2O7. The molecule has 3 aliphatic carbocycles. The van der Waals surface area contributed by atoms with Crippen molar-refractivity contribution in [2.45, 2.75) is 31.4 Å². The highest BCUT2D eigenvalue weighted by Gasteiger charge is 2.62. The topological polar surface area (TPSA) is 161 Å². The Balaban J connectivity index is 0.00000149. The number of halogens is 1. The van der Waals surface area contributed by atoms with Crippen LogP contribution in [-0.4, -0.2) is 75.6 Å². The van der Waals surface area contributed by atoms with Gasteiger partial charge in [0.05, 0.1) is 11.1 Å². The quantitative estimate of drug-likeness (QED) is 0.306. The van der Waals surface area contributed by atoms with Gasteiger partial charge in [-0.1, -0.05) is 6.08 Å². The first kappa shape index (κ1) is 24.6. The Bertz CT molecular complexity index is 1120. The van der Waals surface area contributed by atoms with Crippen LogP contribution < -0.4 is 5.73 Å². The average Bonchev–Trinajstić information content (AvgIpc) is 2.75. The number of amides is 1. The zero-order chi connectivity index (χ0) is 25.0. The summed E-state index contributed by atoms with van der Waals surface area (Å²) in [5, 5.41) is 39.7. The van der Waals surface area contributed by atoms with Crippen LogP contribution >= 0.6 is 0 Å². The predicted octanol–water partition coefficient (Wildman–Crippen LogP) is 0.134. The summed E-state index contributed by atoms with van der Waals surface area (Å²) in [5.41, 5.74) is 2.01. The maximum absolute atomic E-state index is 14.7. The van der Waals surface area contributed by atoms with Crippen LogP contribution in [0.15, 0.2) is 23.3 Å². The Morgan fingerprint density at radius 2 is 1.82 bits per heavy atom. The largest absolute Gasteiger partial charge is 0.507 e. The molecule has 0 unspecified atom stereocenters. The van der Waals surface area contributed by atoms with E-state index in [9.17, 15) is 34.1 Å². The summed E-state index contributed by atoms with van der Waals surface area (Å²) in [4.78, 5) is 40.0. The highest BCUT2D eigenvalue weighted by atomic mass is 19.1. The fraction of sp³-hybridized carbons (Fsp3) is 0.435. The number of phenols is 1. The monoisotopic (exact) mass is 462 g/mol. The summed E-state index contributed by atoms with van der Waals surface area (Å²) >= 11 is 0. The molecular weight excluding hydrogens is 435 g/mol. The minimum atomic E-state index is -2.61. The number of carbonyl (C=O) groups is 3. The van der Waals surface area contributed by atoms with Gasteiger partial charge in [0.25, 0.3) is 5.91 Å². The van der Waals surface area contributed by atoms with Gasteiger partial charge in [-0.15, -0.1) is 0 Å². The summed E-state index contributed by atoms with van der Waals surface area (Å²) in [6.45, 7) is 1.45. The van der Waals surface area contributed by atoms with Crippen LogP contribution in [0.5, 0.6) is 5.75 Å². The third-order valence-electron chi connectivity index (χ3n) is 6.76. The van der Waals surface area contributed by atoms with Gasteiger partial charge in [0.2, 0.25) is 11.6 Å². The Morgan fingerprint density at radius 1 is 1.21 bits per heavy atom. The lowest BCUT2D eigenvalue weighted by Crippen LogP contribution is -2.66. The lowest BCUT2D eigenvalue weighted by atomic mass is 9.57. The fourth-order valence-electron chi connectivity index (χ4n) is 5.21. The van der Waals surface area contributed by atoms with Gasteiger partial charge < -0.3 is 31.1 Å². The van der Waals surface area contributed by atoms with Crippen molar-refractivity contribution in [3.63, 3.8) is 0 Å². The molecule has 1 saturated carbocycles. The van der Waals surface area contributed by atoms with Crippen LogP contribution in [0, 0.1) is 24.6 Å². The first-order valence-corrected chi connectivity index (χ1v) is 10.3. The van der Waals surface area contributed by atoms with Crippen LogP contribution in [0.25, 0.3) is 5.76 Å². The molecule has 0 bridgehead atoms. The van der Waals surface area contributed by atoms with Crippen molar-refractivity contribution in [2.24, 2.45) is 17.6 Å². The maximum Gasteiger partial charge on any atom is 0.252 e. The van der Waals surface area contributed by atoms with Crippen molar-refractivity contribution in [1.29, 1.82) is 0 Å². The number of Topliss-reactive ketones (excluding diaryl/α,β-unsaturated/α-hetero) is 2. The Morgan fingerprint density at radius 3 is 2.36 bits per heavy atom. The van der Waals surface area contributed by atoms with Crippen LogP contribution in [0.2, 0.25) is 0 Å². The van der Waals surface area contributed by atoms with Gasteiger partial charge >= 0.3 is 0 Å². The van der Waals surface area contributed by atoms with E-state index in [2.05, 4.69) is 0 Å². The van der Waals surface area contributed by atoms with E-state index in [-0.39, 0.29) is 40.9 Å². The molecule has 33 heavy (non-hydrogen) atoms. The number of nitrogens with two attached hydrogens (primary N) is 1. The van der Waals surface area contributed by atoms with Crippen LogP contribution in [0.3, 0.4) is 0 Å². The third kappa shape index (κ3) is 3.36. The normalized spacial score (nSPS) is 28.4. The zero-order valence-electron chi connectivity index (χ0n) is 18.7. The molecule has 0 aliphatic heterocycles. The lowest BCUT2D eigenvalue weighted by molar-refractivity contribution is -0.160. The number of aryl methyl sites for hydroxylation is 1. The van der Waals surface area contributed by atoms with E-state index in [4.69, 9.17) is 10.8 Å². The van der Waals surface area contributed by atoms with Gasteiger partial charge in [-0.2, -0.15) is 0 Å². The second-order valence-electron chi connectivity index (χ2n) is 8.71. The van der Waals surface area contributed by atoms with Crippen LogP contribution in [0.4, 0.5) is 4.39 Å². The Kier molecular flexibility index (Phi) is 6.22. The molecule has 0 aromatic heterocycles. The SMILES string of the molecule is CO.Cc1cc(F)c2c(c1O)C(O)=C1C(=O)[C@]3(O)C(=O)C(C(N)=O)=C[C@@H](N(C)C)[C@@H]3C[C@@H]1C2. The number of carbonyl (C=O) groups excluding carboxylic acids is 3. The number of aromatic hydroxyl groups is 1. The van der Waals surface area contributed by atoms with Gasteiger partial charge in [0, 0.05) is 30.2 Å². The van der Waals surface area contributed by atoms with E-state index < -0.39 is 58.1 Å². The number of benzene rings is 1. The van der Waals surface area contributed by atoms with Gasteiger partial charge in [-0.05, 0) is 51.4 Å². The number of primary amides is 1. The number of aliphatic hydroxyl groups is 3. The maximum atomic E-state index is 14.7. The highest BCUT2D eigenvalue weighted by molar-refractivity contribution is 6.32. The van der Waals surface area contributed by atoms with E-state index in [1.54, 1.807) is 19.0 Å². The third-order valence-corrected chi connectivity index (χ3v) is 6.76. The summed E-state index contributed by atoms with van der Waals surface area (Å²) in [7, 11) is 4.33. The van der Waals surface area contributed by atoms with Crippen molar-refractivity contribution < 1.29 is 39.2 Å². The number of aliphatic hydroxyl groups excluding tert-OH is 2. The molecule has 0 spiro atoms. The predicted molar refractivity (Wildman–Crippen MR) is 116 cm³/mol. The summed E-state index contributed by atoms with van der Waals surface area (Å²) < 4.78 is 14.7. The van der Waals surface area contributed by atoms with Gasteiger partial charge in [-0.25, -0.2) is 4.39 Å². The molecule has 9 nitrogen and oxygen atoms in total. The number of phenolic OH excluding ortho intramolecular Hbond substituents is 1. The van der Waals surface area contributed by atoms with E-state index in [1.165, 1.54) is 13.0 Å². The second-order valence-corrected chi connectivity index (χ2v) is 8.71. The molecule has 0 saturated heterocycles. The van der Waals surface area contributed by atoms with E-state index in [0.717, 1.165) is 13.2 Å². The van der Waals surface area contributed by atoms with Crippen LogP contribution in [0.1, 0.15) is 23.1 Å². The van der Waals surface area contributed by atoms with Gasteiger partial charge in [-0.3, -0.25) is 14.4 Å². The van der Waals surface area contributed by atoms with E-state index >= 15 is 0 Å². The molecule has 4 rings (SSSR count). The Labute approximate surface area is 189 Å². The number of ketones is 2. The lowest BCUT2D eigenvalue weighted by Gasteiger charge is -2.49. The molecule has 178 valence electrons. The van der Waals surface area contributed by atoms with Crippen molar-refractivity contribution in [2.75, 3.05) is 21.2 Å². The molecule has 10 heteroatoms. The fourth-order valence-corrected chi connectivity index (χ4v) is 5.21. The van der Waals surface area contributed by atoms with Crippen molar-refractivity contribution in [3.05, 3.63) is 45.8 Å². The van der Waals surface area contributed by atoms with Crippen molar-refractivity contribution in [3.8, 4) is 5.75 Å². The summed E-state index contributed by atoms with van der Waals surface area (Å²) in [5.74, 6) is -6.51. The number of hydrogen-bond donors (Lipinski definition) is 5. The summed E-state index contributed by atoms with van der Waals surface area (Å²) in [6, 6.07) is 0.484. The molecule has 0 heterocycles. The molecule has 1 amide bonds. The molecule has 6 N–H and O–H groups in total. The number of likely N-dealkylation sites (N-methyl/N-ethyl adjacent to an activating group) is 1. The zero-order valence-corrected chi connectivity index (χ0v) is 18.7. The molecule has 1 aromatic carbocycles. The molecule has 0 radical (unpaired) electrons. The molecule has 1 aromatic rings. The second kappa shape index (κ2) is 8.36. The highest BCUT2D eigenvalue weighted by Crippen LogP contribution is 2.51. The van der Waals surface area contributed by atoms with Crippen molar-refractivity contribution in [1.82, 2.24) is 4.90 Å². The standard InChI is InChI=1S/C22H23FN2O6.CH4O/c1-8-4-13(23)10-5-9-6-12-14(25(2)3)7-11(21(24)30)19(28)22(12,31)20(29)15(9)18(27)16(10)17(8)26;1-2/h4,7,9,12,14,26-27,31H,5-6H2,1-3H3,(H2,24,30);2H,1H3/t9-,12-,14+,22+;/m0./s1. The molecule has 3 aliphatic rings. The summed E-state index contributed by atoms with van der Waals surface area (Å²) in [6.07, 6.45) is 1.43. The number of fused-ring (bicyclic) bond motifs is 3. The number of rotatable bonds is 2. The van der Waals surface area contributed by atoms with Crippen molar-refractivity contribution >= 4 is 23.2 Å².